The first kappa shape index (κ1) is 18.2. The van der Waals surface area contributed by atoms with Crippen molar-refractivity contribution >= 4 is 22.6 Å². The summed E-state index contributed by atoms with van der Waals surface area (Å²) >= 11 is 0. The number of fused-ring (bicyclic) bond motifs is 1. The number of pyridine rings is 1. The topological polar surface area (TPSA) is 81.5 Å². The second-order valence-corrected chi connectivity index (χ2v) is 6.86. The molecule has 0 saturated carbocycles. The number of hydrogen-bond donors (Lipinski definition) is 1. The van der Waals surface area contributed by atoms with Crippen molar-refractivity contribution in [1.82, 2.24) is 15.2 Å². The molecule has 0 aliphatic carbocycles. The molecule has 2 saturated heterocycles. The average Bonchev–Trinajstić information content (AvgIpc) is 3.12. The molecule has 0 spiro atoms. The Hall–Kier alpha value is -3.15. The second kappa shape index (κ2) is 7.46. The maximum Gasteiger partial charge on any atom is 0.387 e. The molecule has 0 bridgehead atoms. The number of urea groups is 1. The van der Waals surface area contributed by atoms with E-state index >= 15 is 0 Å². The van der Waals surface area contributed by atoms with Gasteiger partial charge in [0, 0.05) is 37.8 Å². The largest absolute Gasteiger partial charge is 0.435 e. The normalized spacial score (nSPS) is 19.8. The number of carbonyl (C=O) groups is 1. The Balaban J connectivity index is 1.73. The maximum atomic E-state index is 12.6. The fourth-order valence-corrected chi connectivity index (χ4v) is 4.00. The smallest absolute Gasteiger partial charge is 0.387 e. The first-order valence-corrected chi connectivity index (χ1v) is 9.14. The first-order valence-electron chi connectivity index (χ1n) is 9.14. The lowest BCUT2D eigenvalue weighted by atomic mass is 10.0. The number of amides is 2. The number of carbonyl (C=O) groups excluding carboxylic acids is 1. The van der Waals surface area contributed by atoms with Crippen LogP contribution in [0.15, 0.2) is 24.4 Å². The Morgan fingerprint density at radius 2 is 2.21 bits per heavy atom. The van der Waals surface area contributed by atoms with Crippen molar-refractivity contribution in [2.75, 3.05) is 31.1 Å². The van der Waals surface area contributed by atoms with Gasteiger partial charge in [-0.1, -0.05) is 0 Å². The van der Waals surface area contributed by atoms with Crippen LogP contribution in [0.3, 0.4) is 0 Å². The SMILES string of the molecule is N#Cc1cnc2ccc(OC(F)F)cc2c1N1CCCC(N2CCNC2=O)C1. The number of nitrogens with one attached hydrogen (secondary N) is 1. The molecule has 2 aliphatic rings. The van der Waals surface area contributed by atoms with E-state index in [9.17, 15) is 18.8 Å². The lowest BCUT2D eigenvalue weighted by Gasteiger charge is -2.39. The van der Waals surface area contributed by atoms with Gasteiger partial charge >= 0.3 is 12.6 Å². The summed E-state index contributed by atoms with van der Waals surface area (Å²) in [7, 11) is 0. The van der Waals surface area contributed by atoms with E-state index in [0.717, 1.165) is 12.8 Å². The molecule has 4 rings (SSSR count). The Morgan fingerprint density at radius 3 is 2.93 bits per heavy atom. The van der Waals surface area contributed by atoms with Crippen molar-refractivity contribution in [1.29, 1.82) is 5.26 Å². The van der Waals surface area contributed by atoms with Crippen molar-refractivity contribution in [3.05, 3.63) is 30.0 Å². The molecule has 1 aromatic carbocycles. The lowest BCUT2D eigenvalue weighted by Crippen LogP contribution is -2.49. The average molecular weight is 387 g/mol. The van der Waals surface area contributed by atoms with Crippen molar-refractivity contribution in [3.63, 3.8) is 0 Å². The number of alkyl halides is 2. The molecular weight excluding hydrogens is 368 g/mol. The van der Waals surface area contributed by atoms with Crippen LogP contribution in [-0.2, 0) is 0 Å². The van der Waals surface area contributed by atoms with Crippen LogP contribution in [0.25, 0.3) is 10.9 Å². The van der Waals surface area contributed by atoms with Crippen LogP contribution in [0, 0.1) is 11.3 Å². The van der Waals surface area contributed by atoms with Gasteiger partial charge in [0.1, 0.15) is 11.8 Å². The van der Waals surface area contributed by atoms with Crippen molar-refractivity contribution in [3.8, 4) is 11.8 Å². The molecule has 146 valence electrons. The summed E-state index contributed by atoms with van der Waals surface area (Å²) in [6, 6.07) is 6.65. The minimum atomic E-state index is -2.93. The molecule has 1 N–H and O–H groups in total. The second-order valence-electron chi connectivity index (χ2n) is 6.86. The molecule has 1 aromatic heterocycles. The number of anilines is 1. The van der Waals surface area contributed by atoms with E-state index in [-0.39, 0.29) is 17.8 Å². The van der Waals surface area contributed by atoms with Crippen LogP contribution >= 0.6 is 0 Å². The van der Waals surface area contributed by atoms with Gasteiger partial charge in [-0.2, -0.15) is 14.0 Å². The minimum absolute atomic E-state index is 0.0214. The van der Waals surface area contributed by atoms with Gasteiger partial charge in [-0.15, -0.1) is 0 Å². The molecular formula is C19H19F2N5O2. The Morgan fingerprint density at radius 1 is 1.36 bits per heavy atom. The summed E-state index contributed by atoms with van der Waals surface area (Å²) in [6.07, 6.45) is 3.24. The van der Waals surface area contributed by atoms with Crippen LogP contribution in [0.2, 0.25) is 0 Å². The number of nitriles is 1. The molecule has 2 fully saturated rings. The van der Waals surface area contributed by atoms with E-state index in [1.54, 1.807) is 6.07 Å². The quantitative estimate of drug-likeness (QED) is 0.872. The van der Waals surface area contributed by atoms with E-state index < -0.39 is 6.61 Å². The standard InChI is InChI=1S/C19H19F2N5O2/c20-18(21)28-14-3-4-16-15(8-14)17(12(9-22)10-24-16)25-6-1-2-13(11-25)26-7-5-23-19(26)27/h3-4,8,10,13,18H,1-2,5-7,11H2,(H,23,27). The molecule has 2 aromatic rings. The Bertz CT molecular complexity index is 946. The van der Waals surface area contributed by atoms with Crippen LogP contribution in [0.5, 0.6) is 5.75 Å². The summed E-state index contributed by atoms with van der Waals surface area (Å²) in [5.74, 6) is 0.0214. The number of aromatic nitrogens is 1. The van der Waals surface area contributed by atoms with Crippen LogP contribution in [0.4, 0.5) is 19.3 Å². The number of rotatable bonds is 4. The molecule has 1 unspecified atom stereocenters. The number of piperidine rings is 1. The number of ether oxygens (including phenoxy) is 1. The van der Waals surface area contributed by atoms with Crippen LogP contribution < -0.4 is 15.0 Å². The van der Waals surface area contributed by atoms with Gasteiger partial charge in [0.15, 0.2) is 0 Å². The molecule has 28 heavy (non-hydrogen) atoms. The third-order valence-corrected chi connectivity index (χ3v) is 5.20. The Labute approximate surface area is 160 Å². The maximum absolute atomic E-state index is 12.6. The van der Waals surface area contributed by atoms with Crippen molar-refractivity contribution in [2.45, 2.75) is 25.5 Å². The lowest BCUT2D eigenvalue weighted by molar-refractivity contribution is -0.0497. The minimum Gasteiger partial charge on any atom is -0.435 e. The van der Waals surface area contributed by atoms with E-state index in [2.05, 4.69) is 26.0 Å². The monoisotopic (exact) mass is 387 g/mol. The summed E-state index contributed by atoms with van der Waals surface area (Å²) in [4.78, 5) is 20.2. The summed E-state index contributed by atoms with van der Waals surface area (Å²) in [6.45, 7) is -0.362. The van der Waals surface area contributed by atoms with E-state index in [4.69, 9.17) is 0 Å². The van der Waals surface area contributed by atoms with Crippen LogP contribution in [-0.4, -0.2) is 54.7 Å². The van der Waals surface area contributed by atoms with Gasteiger partial charge in [0.25, 0.3) is 0 Å². The summed E-state index contributed by atoms with van der Waals surface area (Å²) in [5.41, 5.74) is 1.61. The zero-order chi connectivity index (χ0) is 19.7. The summed E-state index contributed by atoms with van der Waals surface area (Å²) < 4.78 is 29.8. The molecule has 2 aliphatic heterocycles. The highest BCUT2D eigenvalue weighted by molar-refractivity contribution is 5.95. The summed E-state index contributed by atoms with van der Waals surface area (Å²) in [5, 5.41) is 13.0. The third-order valence-electron chi connectivity index (χ3n) is 5.20. The van der Waals surface area contributed by atoms with Gasteiger partial charge < -0.3 is 19.9 Å². The molecule has 1 atom stereocenters. The first-order chi connectivity index (χ1) is 13.6. The van der Waals surface area contributed by atoms with Gasteiger partial charge in [0.2, 0.25) is 0 Å². The molecule has 9 heteroatoms. The molecule has 7 nitrogen and oxygen atoms in total. The van der Waals surface area contributed by atoms with E-state index in [1.165, 1.54) is 18.3 Å². The predicted octanol–water partition coefficient (Wildman–Crippen LogP) is 2.70. The fourth-order valence-electron chi connectivity index (χ4n) is 4.00. The third kappa shape index (κ3) is 3.38. The number of benzene rings is 1. The van der Waals surface area contributed by atoms with Crippen LogP contribution in [0.1, 0.15) is 18.4 Å². The molecule has 2 amide bonds. The van der Waals surface area contributed by atoms with E-state index in [0.29, 0.717) is 48.3 Å². The zero-order valence-corrected chi connectivity index (χ0v) is 15.1. The van der Waals surface area contributed by atoms with Gasteiger partial charge in [-0.3, -0.25) is 4.98 Å². The van der Waals surface area contributed by atoms with Crippen molar-refractivity contribution in [2.24, 2.45) is 0 Å². The van der Waals surface area contributed by atoms with Crippen molar-refractivity contribution < 1.29 is 18.3 Å². The Kier molecular flexibility index (Phi) is 4.86. The highest BCUT2D eigenvalue weighted by Crippen LogP contribution is 2.34. The van der Waals surface area contributed by atoms with Gasteiger partial charge in [-0.25, -0.2) is 4.79 Å². The van der Waals surface area contributed by atoms with E-state index in [1.807, 2.05) is 4.90 Å². The molecule has 3 heterocycles. The highest BCUT2D eigenvalue weighted by atomic mass is 19.3. The van der Waals surface area contributed by atoms with Gasteiger partial charge in [-0.05, 0) is 31.0 Å². The number of halogens is 2. The number of hydrogen-bond acceptors (Lipinski definition) is 5. The number of nitrogens with zero attached hydrogens (tertiary/aromatic N) is 4. The highest BCUT2D eigenvalue weighted by Gasteiger charge is 2.32. The van der Waals surface area contributed by atoms with Gasteiger partial charge in [0.05, 0.1) is 22.8 Å². The zero-order valence-electron chi connectivity index (χ0n) is 15.1. The molecule has 0 radical (unpaired) electrons. The fraction of sp³-hybridized carbons (Fsp3) is 0.421. The predicted molar refractivity (Wildman–Crippen MR) is 98.4 cm³/mol.